The second-order valence-corrected chi connectivity index (χ2v) is 3.84. The number of esters is 1. The maximum absolute atomic E-state index is 11.3. The third-order valence-corrected chi connectivity index (χ3v) is 2.07. The second-order valence-electron chi connectivity index (χ2n) is 3.84. The molecule has 1 N–H and O–H groups in total. The first-order valence-corrected chi connectivity index (χ1v) is 5.53. The van der Waals surface area contributed by atoms with Crippen molar-refractivity contribution in [1.82, 2.24) is 0 Å². The van der Waals surface area contributed by atoms with Crippen LogP contribution in [-0.2, 0) is 14.3 Å². The SMILES string of the molecule is CCOC(=O)/C=C/C(O)CCC(=O)C(C)C. The molecule has 0 saturated carbocycles. The number of aliphatic hydroxyl groups is 1. The molecule has 0 bridgehead atoms. The van der Waals surface area contributed by atoms with Crippen molar-refractivity contribution in [2.45, 2.75) is 39.7 Å². The molecule has 0 rings (SSSR count). The topological polar surface area (TPSA) is 63.6 Å². The van der Waals surface area contributed by atoms with E-state index in [9.17, 15) is 14.7 Å². The summed E-state index contributed by atoms with van der Waals surface area (Å²) in [7, 11) is 0. The molecule has 0 aliphatic heterocycles. The van der Waals surface area contributed by atoms with Crippen LogP contribution in [0.3, 0.4) is 0 Å². The molecule has 0 heterocycles. The number of ketones is 1. The third kappa shape index (κ3) is 7.17. The van der Waals surface area contributed by atoms with E-state index in [2.05, 4.69) is 4.74 Å². The molecule has 1 unspecified atom stereocenters. The maximum Gasteiger partial charge on any atom is 0.330 e. The Bertz CT molecular complexity index is 256. The Labute approximate surface area is 96.3 Å². The van der Waals surface area contributed by atoms with Crippen molar-refractivity contribution >= 4 is 11.8 Å². The van der Waals surface area contributed by atoms with Gasteiger partial charge in [0.1, 0.15) is 5.78 Å². The van der Waals surface area contributed by atoms with Crippen LogP contribution < -0.4 is 0 Å². The number of rotatable bonds is 7. The molecule has 0 amide bonds. The van der Waals surface area contributed by atoms with Crippen LogP contribution in [0.2, 0.25) is 0 Å². The number of carbonyl (C=O) groups is 2. The van der Waals surface area contributed by atoms with Crippen LogP contribution in [0.1, 0.15) is 33.6 Å². The minimum Gasteiger partial charge on any atom is -0.463 e. The average Bonchev–Trinajstić information content (AvgIpc) is 2.23. The van der Waals surface area contributed by atoms with Crippen molar-refractivity contribution in [3.63, 3.8) is 0 Å². The van der Waals surface area contributed by atoms with Gasteiger partial charge in [-0.1, -0.05) is 13.8 Å². The largest absolute Gasteiger partial charge is 0.463 e. The van der Waals surface area contributed by atoms with Crippen LogP contribution in [-0.4, -0.2) is 29.6 Å². The molecule has 16 heavy (non-hydrogen) atoms. The van der Waals surface area contributed by atoms with Crippen LogP contribution >= 0.6 is 0 Å². The summed E-state index contributed by atoms with van der Waals surface area (Å²) < 4.78 is 4.65. The molecule has 4 heteroatoms. The first-order chi connectivity index (χ1) is 7.47. The van der Waals surface area contributed by atoms with Gasteiger partial charge in [-0.05, 0) is 19.4 Å². The summed E-state index contributed by atoms with van der Waals surface area (Å²) in [4.78, 5) is 22.2. The highest BCUT2D eigenvalue weighted by molar-refractivity contribution is 5.82. The molecular weight excluding hydrogens is 208 g/mol. The lowest BCUT2D eigenvalue weighted by Crippen LogP contribution is -2.12. The van der Waals surface area contributed by atoms with Gasteiger partial charge in [0.25, 0.3) is 0 Å². The van der Waals surface area contributed by atoms with Crippen molar-refractivity contribution in [2.75, 3.05) is 6.61 Å². The Morgan fingerprint density at radius 2 is 2.00 bits per heavy atom. The van der Waals surface area contributed by atoms with E-state index in [1.54, 1.807) is 6.92 Å². The van der Waals surface area contributed by atoms with Crippen LogP contribution in [0, 0.1) is 5.92 Å². The molecule has 4 nitrogen and oxygen atoms in total. The molecule has 1 atom stereocenters. The minimum atomic E-state index is -0.771. The fraction of sp³-hybridized carbons (Fsp3) is 0.667. The van der Waals surface area contributed by atoms with Crippen molar-refractivity contribution in [3.05, 3.63) is 12.2 Å². The van der Waals surface area contributed by atoms with Gasteiger partial charge in [0.2, 0.25) is 0 Å². The third-order valence-electron chi connectivity index (χ3n) is 2.07. The van der Waals surface area contributed by atoms with Gasteiger partial charge in [-0.15, -0.1) is 0 Å². The summed E-state index contributed by atoms with van der Waals surface area (Å²) in [6, 6.07) is 0. The molecular formula is C12H20O4. The number of aliphatic hydroxyl groups excluding tert-OH is 1. The Hall–Kier alpha value is -1.16. The zero-order valence-corrected chi connectivity index (χ0v) is 10.1. The van der Waals surface area contributed by atoms with Crippen molar-refractivity contribution in [1.29, 1.82) is 0 Å². The molecule has 0 aliphatic carbocycles. The van der Waals surface area contributed by atoms with E-state index in [0.29, 0.717) is 19.4 Å². The lowest BCUT2D eigenvalue weighted by atomic mass is 10.0. The van der Waals surface area contributed by atoms with Crippen molar-refractivity contribution in [2.24, 2.45) is 5.92 Å². The Morgan fingerprint density at radius 1 is 1.38 bits per heavy atom. The Balaban J connectivity index is 3.86. The number of carbonyl (C=O) groups excluding carboxylic acids is 2. The van der Waals surface area contributed by atoms with Gasteiger partial charge < -0.3 is 9.84 Å². The number of ether oxygens (including phenoxy) is 1. The second kappa shape index (κ2) is 8.05. The Morgan fingerprint density at radius 3 is 2.50 bits per heavy atom. The van der Waals surface area contributed by atoms with Gasteiger partial charge in [-0.25, -0.2) is 4.79 Å². The Kier molecular flexibility index (Phi) is 7.46. The van der Waals surface area contributed by atoms with E-state index < -0.39 is 12.1 Å². The van der Waals surface area contributed by atoms with Gasteiger partial charge in [0.05, 0.1) is 12.7 Å². The van der Waals surface area contributed by atoms with E-state index >= 15 is 0 Å². The van der Waals surface area contributed by atoms with E-state index in [4.69, 9.17) is 0 Å². The molecule has 0 spiro atoms. The molecule has 0 aromatic carbocycles. The number of Topliss-reactive ketones (excluding diaryl/α,β-unsaturated/α-hetero) is 1. The first-order valence-electron chi connectivity index (χ1n) is 5.53. The molecule has 0 fully saturated rings. The fourth-order valence-corrected chi connectivity index (χ4v) is 1.06. The molecule has 0 saturated heterocycles. The van der Waals surface area contributed by atoms with E-state index in [1.165, 1.54) is 12.2 Å². The smallest absolute Gasteiger partial charge is 0.330 e. The van der Waals surface area contributed by atoms with Gasteiger partial charge >= 0.3 is 5.97 Å². The average molecular weight is 228 g/mol. The summed E-state index contributed by atoms with van der Waals surface area (Å²) in [6.45, 7) is 5.67. The van der Waals surface area contributed by atoms with Crippen LogP contribution in [0.25, 0.3) is 0 Å². The lowest BCUT2D eigenvalue weighted by Gasteiger charge is -2.06. The lowest BCUT2D eigenvalue weighted by molar-refractivity contribution is -0.137. The van der Waals surface area contributed by atoms with Crippen molar-refractivity contribution < 1.29 is 19.4 Å². The van der Waals surface area contributed by atoms with Gasteiger partial charge in [-0.3, -0.25) is 4.79 Å². The fourth-order valence-electron chi connectivity index (χ4n) is 1.06. The number of hydrogen-bond acceptors (Lipinski definition) is 4. The van der Waals surface area contributed by atoms with Gasteiger partial charge in [0, 0.05) is 18.4 Å². The van der Waals surface area contributed by atoms with Gasteiger partial charge in [0.15, 0.2) is 0 Å². The number of hydrogen-bond donors (Lipinski definition) is 1. The van der Waals surface area contributed by atoms with E-state index in [1.807, 2.05) is 13.8 Å². The first kappa shape index (κ1) is 14.8. The predicted octanol–water partition coefficient (Wildman–Crippen LogP) is 1.47. The molecule has 0 aromatic heterocycles. The normalized spacial score (nSPS) is 13.1. The minimum absolute atomic E-state index is 0.0127. The standard InChI is InChI=1S/C12H20O4/c1-4-16-12(15)8-6-10(13)5-7-11(14)9(2)3/h6,8-10,13H,4-5,7H2,1-3H3/b8-6+. The van der Waals surface area contributed by atoms with Crippen molar-refractivity contribution in [3.8, 4) is 0 Å². The van der Waals surface area contributed by atoms with E-state index in [0.717, 1.165) is 0 Å². The molecule has 0 aromatic rings. The highest BCUT2D eigenvalue weighted by atomic mass is 16.5. The summed E-state index contributed by atoms with van der Waals surface area (Å²) in [5, 5.41) is 9.45. The molecule has 0 aliphatic rings. The monoisotopic (exact) mass is 228 g/mol. The zero-order chi connectivity index (χ0) is 12.6. The maximum atomic E-state index is 11.3. The van der Waals surface area contributed by atoms with Crippen LogP contribution in [0.5, 0.6) is 0 Å². The summed E-state index contributed by atoms with van der Waals surface area (Å²) in [5.74, 6) is -0.374. The molecule has 92 valence electrons. The van der Waals surface area contributed by atoms with Crippen LogP contribution in [0.15, 0.2) is 12.2 Å². The summed E-state index contributed by atoms with van der Waals surface area (Å²) >= 11 is 0. The highest BCUT2D eigenvalue weighted by Crippen LogP contribution is 2.05. The highest BCUT2D eigenvalue weighted by Gasteiger charge is 2.09. The summed E-state index contributed by atoms with van der Waals surface area (Å²) in [5.41, 5.74) is 0. The van der Waals surface area contributed by atoms with Crippen LogP contribution in [0.4, 0.5) is 0 Å². The quantitative estimate of drug-likeness (QED) is 0.529. The zero-order valence-electron chi connectivity index (χ0n) is 10.1. The molecule has 0 radical (unpaired) electrons. The summed E-state index contributed by atoms with van der Waals surface area (Å²) in [6.07, 6.45) is 2.44. The van der Waals surface area contributed by atoms with Gasteiger partial charge in [-0.2, -0.15) is 0 Å². The predicted molar refractivity (Wildman–Crippen MR) is 60.9 cm³/mol. The van der Waals surface area contributed by atoms with E-state index in [-0.39, 0.29) is 11.7 Å².